The van der Waals surface area contributed by atoms with Crippen LogP contribution in [0.3, 0.4) is 0 Å². The number of carboxylic acids is 1. The van der Waals surface area contributed by atoms with E-state index in [1.165, 1.54) is 32.1 Å². The van der Waals surface area contributed by atoms with Crippen LogP contribution in [0.25, 0.3) is 0 Å². The van der Waals surface area contributed by atoms with Crippen molar-refractivity contribution >= 4 is 21.9 Å². The second-order valence-corrected chi connectivity index (χ2v) is 10.1. The van der Waals surface area contributed by atoms with Gasteiger partial charge in [-0.3, -0.25) is 4.72 Å². The molecule has 29 heavy (non-hydrogen) atoms. The summed E-state index contributed by atoms with van der Waals surface area (Å²) in [6.07, 6.45) is 7.78. The zero-order valence-corrected chi connectivity index (χ0v) is 19.1. The Kier molecular flexibility index (Phi) is 10.6. The van der Waals surface area contributed by atoms with Crippen LogP contribution in [0.1, 0.15) is 57.4 Å². The van der Waals surface area contributed by atoms with Crippen LogP contribution in [-0.4, -0.2) is 52.6 Å². The van der Waals surface area contributed by atoms with Gasteiger partial charge in [-0.25, -0.2) is 0 Å². The zero-order chi connectivity index (χ0) is 21.9. The van der Waals surface area contributed by atoms with Crippen molar-refractivity contribution in [1.29, 1.82) is 0 Å². The van der Waals surface area contributed by atoms with E-state index in [2.05, 4.69) is 16.4 Å². The summed E-state index contributed by atoms with van der Waals surface area (Å²) in [5.41, 5.74) is 1.55. The summed E-state index contributed by atoms with van der Waals surface area (Å²) in [6, 6.07) is 6.59. The molecule has 7 nitrogen and oxygen atoms in total. The first-order valence-electron chi connectivity index (χ1n) is 10.4. The summed E-state index contributed by atoms with van der Waals surface area (Å²) in [7, 11) is 1.71. The molecule has 166 valence electrons. The zero-order valence-electron chi connectivity index (χ0n) is 18.2. The summed E-state index contributed by atoms with van der Waals surface area (Å²) in [5, 5.41) is 11.0. The lowest BCUT2D eigenvalue weighted by Crippen LogP contribution is -2.51. The van der Waals surface area contributed by atoms with Gasteiger partial charge < -0.3 is 14.4 Å². The van der Waals surface area contributed by atoms with E-state index in [1.54, 1.807) is 6.07 Å². The van der Waals surface area contributed by atoms with Crippen LogP contribution in [0.4, 0.5) is 5.69 Å². The Morgan fingerprint density at radius 1 is 1.10 bits per heavy atom. The van der Waals surface area contributed by atoms with Gasteiger partial charge in [0.25, 0.3) is 10.2 Å². The highest BCUT2D eigenvalue weighted by atomic mass is 32.2. The van der Waals surface area contributed by atoms with E-state index >= 15 is 0 Å². The number of rotatable bonds is 15. The van der Waals surface area contributed by atoms with E-state index in [1.807, 2.05) is 39.3 Å². The number of anilines is 1. The van der Waals surface area contributed by atoms with Gasteiger partial charge in [-0.15, -0.1) is 0 Å². The predicted molar refractivity (Wildman–Crippen MR) is 116 cm³/mol. The van der Waals surface area contributed by atoms with E-state index in [4.69, 9.17) is 0 Å². The topological polar surface area (TPSA) is 98.3 Å². The molecule has 0 bridgehead atoms. The van der Waals surface area contributed by atoms with Gasteiger partial charge in [-0.1, -0.05) is 51.2 Å². The lowest BCUT2D eigenvalue weighted by Gasteiger charge is -2.29. The largest absolute Gasteiger partial charge is 0.550 e. The van der Waals surface area contributed by atoms with Crippen LogP contribution in [0.2, 0.25) is 0 Å². The molecule has 1 unspecified atom stereocenters. The molecule has 0 fully saturated rings. The van der Waals surface area contributed by atoms with Crippen LogP contribution < -0.4 is 14.6 Å². The fourth-order valence-corrected chi connectivity index (χ4v) is 4.40. The molecule has 1 aromatic rings. The van der Waals surface area contributed by atoms with Crippen molar-refractivity contribution in [2.24, 2.45) is 0 Å². The average molecular weight is 428 g/mol. The minimum atomic E-state index is -3.91. The standard InChI is InChI=1S/C21H37N3O4S/c1-5-6-7-8-9-10-12-18-13-11-14-19(15-18)22-29(27,28)23-20(16-21(25)26)17-24(2,3)4/h11,13-15,20,22-23H,5-10,12,16-17H2,1-4H3. The number of unbranched alkanes of at least 4 members (excludes halogenated alkanes) is 5. The van der Waals surface area contributed by atoms with E-state index in [0.29, 0.717) is 16.7 Å². The highest BCUT2D eigenvalue weighted by molar-refractivity contribution is 7.90. The normalized spacial score (nSPS) is 13.2. The first kappa shape index (κ1) is 25.4. The van der Waals surface area contributed by atoms with Crippen molar-refractivity contribution in [3.05, 3.63) is 29.8 Å². The Labute approximate surface area is 176 Å². The molecule has 0 heterocycles. The van der Waals surface area contributed by atoms with Gasteiger partial charge >= 0.3 is 0 Å². The summed E-state index contributed by atoms with van der Waals surface area (Å²) < 4.78 is 30.4. The van der Waals surface area contributed by atoms with Gasteiger partial charge in [-0.2, -0.15) is 13.1 Å². The minimum Gasteiger partial charge on any atom is -0.550 e. The highest BCUT2D eigenvalue weighted by Gasteiger charge is 2.24. The number of nitrogens with one attached hydrogen (secondary N) is 2. The monoisotopic (exact) mass is 427 g/mol. The SMILES string of the molecule is CCCCCCCCc1cccc(NS(=O)(=O)NC(CC(=O)[O-])C[N+](C)(C)C)c1. The number of carbonyl (C=O) groups is 1. The quantitative estimate of drug-likeness (QED) is 0.331. The molecule has 0 aliphatic carbocycles. The molecule has 1 atom stereocenters. The number of hydrogen-bond acceptors (Lipinski definition) is 4. The summed E-state index contributed by atoms with van der Waals surface area (Å²) >= 11 is 0. The number of aryl methyl sites for hydroxylation is 1. The molecule has 0 amide bonds. The maximum absolute atomic E-state index is 12.5. The number of likely N-dealkylation sites (N-methyl/N-ethyl adjacent to an activating group) is 1. The second kappa shape index (κ2) is 12.1. The lowest BCUT2D eigenvalue weighted by molar-refractivity contribution is -0.871. The van der Waals surface area contributed by atoms with Crippen LogP contribution in [0, 0.1) is 0 Å². The third kappa shape index (κ3) is 12.5. The Morgan fingerprint density at radius 3 is 2.38 bits per heavy atom. The molecule has 0 aliphatic rings. The van der Waals surface area contributed by atoms with Gasteiger partial charge in [0.05, 0.1) is 39.4 Å². The van der Waals surface area contributed by atoms with E-state index in [9.17, 15) is 18.3 Å². The van der Waals surface area contributed by atoms with Crippen LogP contribution in [-0.2, 0) is 21.4 Å². The molecule has 1 aromatic carbocycles. The van der Waals surface area contributed by atoms with Gasteiger partial charge in [-0.05, 0) is 30.5 Å². The Morgan fingerprint density at radius 2 is 1.76 bits per heavy atom. The van der Waals surface area contributed by atoms with Crippen LogP contribution >= 0.6 is 0 Å². The number of carboxylic acid groups (broad SMARTS) is 1. The fourth-order valence-electron chi connectivity index (χ4n) is 3.31. The lowest BCUT2D eigenvalue weighted by atomic mass is 10.0. The van der Waals surface area contributed by atoms with Crippen LogP contribution in [0.5, 0.6) is 0 Å². The second-order valence-electron chi connectivity index (χ2n) is 8.69. The molecule has 0 aliphatic heterocycles. The number of quaternary nitrogens is 1. The van der Waals surface area contributed by atoms with Crippen molar-refractivity contribution in [3.63, 3.8) is 0 Å². The Hall–Kier alpha value is -1.64. The maximum Gasteiger partial charge on any atom is 0.299 e. The molecule has 1 rings (SSSR count). The number of hydrogen-bond donors (Lipinski definition) is 2. The molecule has 0 radical (unpaired) electrons. The number of carbonyl (C=O) groups excluding carboxylic acids is 1. The first-order chi connectivity index (χ1) is 13.5. The van der Waals surface area contributed by atoms with Crippen molar-refractivity contribution < 1.29 is 22.8 Å². The molecule has 0 aromatic heterocycles. The van der Waals surface area contributed by atoms with Crippen molar-refractivity contribution in [2.45, 2.75) is 64.3 Å². The maximum atomic E-state index is 12.5. The van der Waals surface area contributed by atoms with E-state index in [-0.39, 0.29) is 6.42 Å². The molecule has 2 N–H and O–H groups in total. The molecule has 0 saturated heterocycles. The molecular weight excluding hydrogens is 390 g/mol. The van der Waals surface area contributed by atoms with Gasteiger partial charge in [0.1, 0.15) is 0 Å². The van der Waals surface area contributed by atoms with Gasteiger partial charge in [0.15, 0.2) is 0 Å². The smallest absolute Gasteiger partial charge is 0.299 e. The average Bonchev–Trinajstić information content (AvgIpc) is 2.55. The Bertz CT molecular complexity index is 730. The third-order valence-corrected chi connectivity index (χ3v) is 5.65. The number of aliphatic carboxylic acids is 1. The van der Waals surface area contributed by atoms with Crippen molar-refractivity contribution in [3.8, 4) is 0 Å². The summed E-state index contributed by atoms with van der Waals surface area (Å²) in [4.78, 5) is 11.0. The van der Waals surface area contributed by atoms with Crippen LogP contribution in [0.15, 0.2) is 24.3 Å². The number of benzene rings is 1. The van der Waals surface area contributed by atoms with Crippen molar-refractivity contribution in [2.75, 3.05) is 32.4 Å². The fraction of sp³-hybridized carbons (Fsp3) is 0.667. The third-order valence-electron chi connectivity index (χ3n) is 4.50. The van der Waals surface area contributed by atoms with Crippen molar-refractivity contribution in [1.82, 2.24) is 4.72 Å². The highest BCUT2D eigenvalue weighted by Crippen LogP contribution is 2.16. The molecule has 0 spiro atoms. The Balaban J connectivity index is 2.66. The van der Waals surface area contributed by atoms with Gasteiger partial charge in [0.2, 0.25) is 0 Å². The van der Waals surface area contributed by atoms with E-state index in [0.717, 1.165) is 18.4 Å². The van der Waals surface area contributed by atoms with Gasteiger partial charge in [0, 0.05) is 12.4 Å². The van der Waals surface area contributed by atoms with E-state index < -0.39 is 22.2 Å². The molecule has 8 heteroatoms. The number of nitrogens with zero attached hydrogens (tertiary/aromatic N) is 1. The minimum absolute atomic E-state index is 0.326. The predicted octanol–water partition coefficient (Wildman–Crippen LogP) is 2.05. The summed E-state index contributed by atoms with van der Waals surface area (Å²) in [5.74, 6) is -1.29. The summed E-state index contributed by atoms with van der Waals surface area (Å²) in [6.45, 7) is 2.53. The molecule has 0 saturated carbocycles. The first-order valence-corrected chi connectivity index (χ1v) is 11.9. The molecular formula is C21H37N3O4S.